The number of amides is 1. The lowest BCUT2D eigenvalue weighted by Gasteiger charge is -2.09. The van der Waals surface area contributed by atoms with Gasteiger partial charge >= 0.3 is 0 Å². The quantitative estimate of drug-likeness (QED) is 0.774. The molecule has 2 aromatic rings. The van der Waals surface area contributed by atoms with Gasteiger partial charge in [0.25, 0.3) is 5.91 Å². The fourth-order valence-electron chi connectivity index (χ4n) is 1.57. The lowest BCUT2D eigenvalue weighted by atomic mass is 10.1. The third-order valence-electron chi connectivity index (χ3n) is 2.60. The van der Waals surface area contributed by atoms with Gasteiger partial charge in [0.1, 0.15) is 0 Å². The predicted molar refractivity (Wildman–Crippen MR) is 83.3 cm³/mol. The molecule has 0 heterocycles. The zero-order valence-electron chi connectivity index (χ0n) is 9.71. The molecule has 2 nitrogen and oxygen atoms in total. The first-order chi connectivity index (χ1) is 8.58. The second-order valence-electron chi connectivity index (χ2n) is 3.88. The molecule has 0 radical (unpaired) electrons. The van der Waals surface area contributed by atoms with Crippen LogP contribution in [-0.2, 0) is 0 Å². The standard InChI is InChI=1S/C14H11ClINO/c1-9-12(16)6-3-7-13(9)17-14(18)10-4-2-5-11(15)8-10/h2-8H,1H3,(H,17,18). The summed E-state index contributed by atoms with van der Waals surface area (Å²) >= 11 is 8.11. The van der Waals surface area contributed by atoms with Crippen LogP contribution in [0, 0.1) is 10.5 Å². The van der Waals surface area contributed by atoms with Crippen molar-refractivity contribution in [2.75, 3.05) is 5.32 Å². The van der Waals surface area contributed by atoms with Crippen LogP contribution < -0.4 is 5.32 Å². The highest BCUT2D eigenvalue weighted by Crippen LogP contribution is 2.21. The Bertz CT molecular complexity index is 598. The molecule has 0 bridgehead atoms. The van der Waals surface area contributed by atoms with Crippen molar-refractivity contribution in [3.05, 3.63) is 62.2 Å². The number of rotatable bonds is 2. The summed E-state index contributed by atoms with van der Waals surface area (Å²) in [6, 6.07) is 12.7. The summed E-state index contributed by atoms with van der Waals surface area (Å²) in [4.78, 5) is 12.1. The second kappa shape index (κ2) is 5.71. The fourth-order valence-corrected chi connectivity index (χ4v) is 2.26. The van der Waals surface area contributed by atoms with E-state index in [0.29, 0.717) is 10.6 Å². The first-order valence-electron chi connectivity index (χ1n) is 5.40. The van der Waals surface area contributed by atoms with Crippen molar-refractivity contribution in [1.82, 2.24) is 0 Å². The molecule has 2 rings (SSSR count). The van der Waals surface area contributed by atoms with E-state index in [1.807, 2.05) is 25.1 Å². The highest BCUT2D eigenvalue weighted by Gasteiger charge is 2.08. The maximum Gasteiger partial charge on any atom is 0.255 e. The first kappa shape index (κ1) is 13.4. The molecule has 0 unspecified atom stereocenters. The van der Waals surface area contributed by atoms with Crippen LogP contribution in [0.2, 0.25) is 5.02 Å². The van der Waals surface area contributed by atoms with Crippen molar-refractivity contribution >= 4 is 45.8 Å². The van der Waals surface area contributed by atoms with Crippen molar-refractivity contribution in [2.45, 2.75) is 6.92 Å². The number of carbonyl (C=O) groups excluding carboxylic acids is 1. The molecule has 0 aliphatic carbocycles. The molecule has 0 aliphatic heterocycles. The normalized spacial score (nSPS) is 10.2. The van der Waals surface area contributed by atoms with Crippen LogP contribution in [-0.4, -0.2) is 5.91 Å². The third kappa shape index (κ3) is 3.03. The van der Waals surface area contributed by atoms with Gasteiger partial charge in [-0.2, -0.15) is 0 Å². The van der Waals surface area contributed by atoms with Crippen LogP contribution in [0.3, 0.4) is 0 Å². The zero-order valence-corrected chi connectivity index (χ0v) is 12.6. The molecule has 1 amide bonds. The Labute approximate surface area is 124 Å². The van der Waals surface area contributed by atoms with E-state index in [4.69, 9.17) is 11.6 Å². The smallest absolute Gasteiger partial charge is 0.255 e. The van der Waals surface area contributed by atoms with E-state index in [0.717, 1.165) is 14.8 Å². The summed E-state index contributed by atoms with van der Waals surface area (Å²) in [7, 11) is 0. The van der Waals surface area contributed by atoms with Crippen LogP contribution >= 0.6 is 34.2 Å². The summed E-state index contributed by atoms with van der Waals surface area (Å²) in [6.45, 7) is 1.98. The number of hydrogen-bond acceptors (Lipinski definition) is 1. The molecule has 0 spiro atoms. The minimum Gasteiger partial charge on any atom is -0.322 e. The molecule has 92 valence electrons. The number of anilines is 1. The maximum atomic E-state index is 12.1. The van der Waals surface area contributed by atoms with E-state index < -0.39 is 0 Å². The molecular weight excluding hydrogens is 361 g/mol. The Morgan fingerprint density at radius 3 is 2.67 bits per heavy atom. The van der Waals surface area contributed by atoms with Crippen LogP contribution in [0.15, 0.2) is 42.5 Å². The van der Waals surface area contributed by atoms with Gasteiger partial charge in [-0.3, -0.25) is 4.79 Å². The highest BCUT2D eigenvalue weighted by atomic mass is 127. The van der Waals surface area contributed by atoms with Crippen LogP contribution in [0.1, 0.15) is 15.9 Å². The average Bonchev–Trinajstić information content (AvgIpc) is 2.35. The van der Waals surface area contributed by atoms with E-state index in [9.17, 15) is 4.79 Å². The molecule has 0 fully saturated rings. The van der Waals surface area contributed by atoms with E-state index in [2.05, 4.69) is 27.9 Å². The van der Waals surface area contributed by atoms with E-state index >= 15 is 0 Å². The molecule has 0 aromatic heterocycles. The fraction of sp³-hybridized carbons (Fsp3) is 0.0714. The van der Waals surface area contributed by atoms with Gasteiger partial charge in [-0.1, -0.05) is 23.7 Å². The molecule has 18 heavy (non-hydrogen) atoms. The Hall–Kier alpha value is -1.07. The summed E-state index contributed by atoms with van der Waals surface area (Å²) < 4.78 is 1.12. The van der Waals surface area contributed by atoms with Gasteiger partial charge in [-0.05, 0) is 65.4 Å². The van der Waals surface area contributed by atoms with Crippen molar-refractivity contribution in [2.24, 2.45) is 0 Å². The molecule has 0 saturated carbocycles. The monoisotopic (exact) mass is 371 g/mol. The second-order valence-corrected chi connectivity index (χ2v) is 5.48. The predicted octanol–water partition coefficient (Wildman–Crippen LogP) is 4.51. The first-order valence-corrected chi connectivity index (χ1v) is 6.85. The number of nitrogens with one attached hydrogen (secondary N) is 1. The zero-order chi connectivity index (χ0) is 13.1. The van der Waals surface area contributed by atoms with E-state index in [1.165, 1.54) is 0 Å². The van der Waals surface area contributed by atoms with Crippen LogP contribution in [0.4, 0.5) is 5.69 Å². The molecular formula is C14H11ClINO. The Morgan fingerprint density at radius 2 is 1.94 bits per heavy atom. The largest absolute Gasteiger partial charge is 0.322 e. The number of halogens is 2. The van der Waals surface area contributed by atoms with Gasteiger partial charge in [-0.15, -0.1) is 0 Å². The molecule has 0 aliphatic rings. The molecule has 2 aromatic carbocycles. The third-order valence-corrected chi connectivity index (χ3v) is 4.01. The SMILES string of the molecule is Cc1c(I)cccc1NC(=O)c1cccc(Cl)c1. The van der Waals surface area contributed by atoms with Crippen molar-refractivity contribution in [3.8, 4) is 0 Å². The summed E-state index contributed by atoms with van der Waals surface area (Å²) in [5, 5.41) is 3.45. The van der Waals surface area contributed by atoms with Gasteiger partial charge in [-0.25, -0.2) is 0 Å². The number of hydrogen-bond donors (Lipinski definition) is 1. The van der Waals surface area contributed by atoms with Crippen LogP contribution in [0.5, 0.6) is 0 Å². The molecule has 0 atom stereocenters. The van der Waals surface area contributed by atoms with Crippen molar-refractivity contribution < 1.29 is 4.79 Å². The Kier molecular flexibility index (Phi) is 4.24. The van der Waals surface area contributed by atoms with Crippen molar-refractivity contribution in [3.63, 3.8) is 0 Å². The lowest BCUT2D eigenvalue weighted by Crippen LogP contribution is -2.12. The molecule has 0 saturated heterocycles. The van der Waals surface area contributed by atoms with E-state index in [1.54, 1.807) is 24.3 Å². The van der Waals surface area contributed by atoms with Gasteiger partial charge in [0.15, 0.2) is 0 Å². The van der Waals surface area contributed by atoms with Gasteiger partial charge < -0.3 is 5.32 Å². The highest BCUT2D eigenvalue weighted by molar-refractivity contribution is 14.1. The Balaban J connectivity index is 2.24. The minimum absolute atomic E-state index is 0.150. The summed E-state index contributed by atoms with van der Waals surface area (Å²) in [5.41, 5.74) is 2.45. The van der Waals surface area contributed by atoms with Crippen molar-refractivity contribution in [1.29, 1.82) is 0 Å². The average molecular weight is 372 g/mol. The van der Waals surface area contributed by atoms with Gasteiger partial charge in [0, 0.05) is 19.8 Å². The lowest BCUT2D eigenvalue weighted by molar-refractivity contribution is 0.102. The van der Waals surface area contributed by atoms with Crippen LogP contribution in [0.25, 0.3) is 0 Å². The molecule has 1 N–H and O–H groups in total. The molecule has 4 heteroatoms. The topological polar surface area (TPSA) is 29.1 Å². The maximum absolute atomic E-state index is 12.1. The van der Waals surface area contributed by atoms with E-state index in [-0.39, 0.29) is 5.91 Å². The Morgan fingerprint density at radius 1 is 1.22 bits per heavy atom. The summed E-state index contributed by atoms with van der Waals surface area (Å²) in [5.74, 6) is -0.150. The minimum atomic E-state index is -0.150. The van der Waals surface area contributed by atoms with Gasteiger partial charge in [0.05, 0.1) is 0 Å². The van der Waals surface area contributed by atoms with Gasteiger partial charge in [0.2, 0.25) is 0 Å². The summed E-state index contributed by atoms with van der Waals surface area (Å²) in [6.07, 6.45) is 0. The number of benzene rings is 2. The number of carbonyl (C=O) groups is 1.